The summed E-state index contributed by atoms with van der Waals surface area (Å²) in [6.45, 7) is 1.36. The molecule has 1 unspecified atom stereocenters. The Balaban J connectivity index is 3.39. The van der Waals surface area contributed by atoms with E-state index in [-0.39, 0.29) is 5.56 Å². The number of rotatable bonds is 3. The normalized spacial score (nSPS) is 14.3. The minimum absolute atomic E-state index is 0.343. The lowest BCUT2D eigenvalue weighted by atomic mass is 9.91. The first kappa shape index (κ1) is 12.6. The fourth-order valence-corrected chi connectivity index (χ4v) is 1.51. The van der Waals surface area contributed by atoms with Gasteiger partial charge in [-0.15, -0.1) is 0 Å². The molecule has 0 aliphatic rings. The van der Waals surface area contributed by atoms with Crippen LogP contribution in [0.2, 0.25) is 0 Å². The topological polar surface area (TPSA) is 38.3 Å². The van der Waals surface area contributed by atoms with E-state index in [0.717, 1.165) is 19.2 Å². The second kappa shape index (κ2) is 4.57. The number of hydrogen-bond donors (Lipinski definition) is 1. The van der Waals surface area contributed by atoms with E-state index >= 15 is 0 Å². The molecule has 3 nitrogen and oxygen atoms in total. The fraction of sp³-hybridized carbons (Fsp3) is 0.364. The molecule has 1 N–H and O–H groups in total. The third-order valence-electron chi connectivity index (χ3n) is 2.56. The molecule has 88 valence electrons. The number of carbonyl (C=O) groups excluding carboxylic acids is 1. The van der Waals surface area contributed by atoms with Crippen LogP contribution in [-0.4, -0.2) is 20.1 Å². The second-order valence-corrected chi connectivity index (χ2v) is 3.46. The van der Waals surface area contributed by atoms with Crippen LogP contribution in [0.3, 0.4) is 0 Å². The van der Waals surface area contributed by atoms with Gasteiger partial charge in [0.25, 0.3) is 0 Å². The lowest BCUT2D eigenvalue weighted by Crippen LogP contribution is -2.46. The zero-order valence-electron chi connectivity index (χ0n) is 9.30. The molecule has 0 amide bonds. The summed E-state index contributed by atoms with van der Waals surface area (Å²) in [5.74, 6) is -2.33. The van der Waals surface area contributed by atoms with Crippen LogP contribution in [0.4, 0.5) is 8.78 Å². The van der Waals surface area contributed by atoms with Crippen molar-refractivity contribution < 1.29 is 18.3 Å². The third-order valence-corrected chi connectivity index (χ3v) is 2.56. The van der Waals surface area contributed by atoms with E-state index in [0.29, 0.717) is 0 Å². The second-order valence-electron chi connectivity index (χ2n) is 3.46. The Kier molecular flexibility index (Phi) is 3.59. The Morgan fingerprint density at radius 2 is 1.88 bits per heavy atom. The molecule has 0 heterocycles. The molecule has 0 radical (unpaired) electrons. The first-order chi connectivity index (χ1) is 7.47. The highest BCUT2D eigenvalue weighted by Crippen LogP contribution is 2.27. The Morgan fingerprint density at radius 1 is 1.38 bits per heavy atom. The van der Waals surface area contributed by atoms with E-state index in [2.05, 4.69) is 10.1 Å². The molecule has 0 saturated heterocycles. The van der Waals surface area contributed by atoms with Gasteiger partial charge in [-0.2, -0.15) is 0 Å². The summed E-state index contributed by atoms with van der Waals surface area (Å²) in [6.07, 6.45) is 0. The van der Waals surface area contributed by atoms with Gasteiger partial charge in [0.1, 0.15) is 17.2 Å². The van der Waals surface area contributed by atoms with E-state index in [1.54, 1.807) is 0 Å². The lowest BCUT2D eigenvalue weighted by molar-refractivity contribution is -0.148. The summed E-state index contributed by atoms with van der Waals surface area (Å²) >= 11 is 0. The van der Waals surface area contributed by atoms with Crippen molar-refractivity contribution in [3.63, 3.8) is 0 Å². The summed E-state index contributed by atoms with van der Waals surface area (Å²) in [4.78, 5) is 11.6. The van der Waals surface area contributed by atoms with Gasteiger partial charge in [-0.1, -0.05) is 6.07 Å². The van der Waals surface area contributed by atoms with Crippen molar-refractivity contribution in [3.8, 4) is 0 Å². The Hall–Kier alpha value is -1.49. The molecule has 1 rings (SSSR count). The van der Waals surface area contributed by atoms with Crippen molar-refractivity contribution in [3.05, 3.63) is 35.4 Å². The molecular weight excluding hydrogens is 216 g/mol. The van der Waals surface area contributed by atoms with Gasteiger partial charge in [-0.3, -0.25) is 0 Å². The SMILES string of the molecule is CNC(C)(C(=O)OC)c1c(F)cccc1F. The van der Waals surface area contributed by atoms with Gasteiger partial charge in [0.2, 0.25) is 0 Å². The van der Waals surface area contributed by atoms with Crippen molar-refractivity contribution in [2.75, 3.05) is 14.2 Å². The third kappa shape index (κ3) is 1.90. The number of esters is 1. The molecule has 0 aromatic heterocycles. The predicted molar refractivity (Wildman–Crippen MR) is 54.8 cm³/mol. The van der Waals surface area contributed by atoms with Gasteiger partial charge in [-0.05, 0) is 26.1 Å². The molecule has 0 bridgehead atoms. The molecule has 1 aromatic carbocycles. The molecule has 5 heteroatoms. The van der Waals surface area contributed by atoms with Gasteiger partial charge in [-0.25, -0.2) is 13.6 Å². The molecule has 0 aliphatic heterocycles. The van der Waals surface area contributed by atoms with Gasteiger partial charge in [0.15, 0.2) is 0 Å². The zero-order chi connectivity index (χ0) is 12.3. The van der Waals surface area contributed by atoms with E-state index < -0.39 is 23.1 Å². The van der Waals surface area contributed by atoms with Crippen LogP contribution in [0, 0.1) is 11.6 Å². The molecule has 1 aromatic rings. The maximum atomic E-state index is 13.5. The first-order valence-corrected chi connectivity index (χ1v) is 4.69. The molecular formula is C11H13F2NO2. The van der Waals surface area contributed by atoms with E-state index in [9.17, 15) is 13.6 Å². The monoisotopic (exact) mass is 229 g/mol. The van der Waals surface area contributed by atoms with Crippen LogP contribution in [0.25, 0.3) is 0 Å². The first-order valence-electron chi connectivity index (χ1n) is 4.69. The van der Waals surface area contributed by atoms with Crippen LogP contribution in [0.15, 0.2) is 18.2 Å². The van der Waals surface area contributed by atoms with E-state index in [1.807, 2.05) is 0 Å². The number of carbonyl (C=O) groups is 1. The van der Waals surface area contributed by atoms with Gasteiger partial charge in [0.05, 0.1) is 12.7 Å². The van der Waals surface area contributed by atoms with Crippen LogP contribution in [0.5, 0.6) is 0 Å². The summed E-state index contributed by atoms with van der Waals surface area (Å²) in [6, 6.07) is 3.43. The minimum Gasteiger partial charge on any atom is -0.467 e. The zero-order valence-corrected chi connectivity index (χ0v) is 9.30. The average Bonchev–Trinajstić information content (AvgIpc) is 2.27. The highest BCUT2D eigenvalue weighted by molar-refractivity contribution is 5.82. The molecule has 0 aliphatic carbocycles. The quantitative estimate of drug-likeness (QED) is 0.799. The van der Waals surface area contributed by atoms with Crippen LogP contribution in [0.1, 0.15) is 12.5 Å². The van der Waals surface area contributed by atoms with Crippen molar-refractivity contribution >= 4 is 5.97 Å². The molecule has 1 atom stereocenters. The number of hydrogen-bond acceptors (Lipinski definition) is 3. The Bertz CT molecular complexity index is 389. The summed E-state index contributed by atoms with van der Waals surface area (Å²) in [5.41, 5.74) is -1.88. The average molecular weight is 229 g/mol. The van der Waals surface area contributed by atoms with Crippen molar-refractivity contribution in [2.45, 2.75) is 12.5 Å². The van der Waals surface area contributed by atoms with Crippen LogP contribution >= 0.6 is 0 Å². The summed E-state index contributed by atoms with van der Waals surface area (Å²) in [5, 5.41) is 2.57. The Labute approximate surface area is 92.4 Å². The van der Waals surface area contributed by atoms with E-state index in [1.165, 1.54) is 20.0 Å². The fourth-order valence-electron chi connectivity index (χ4n) is 1.51. The number of halogens is 2. The molecule has 0 spiro atoms. The highest BCUT2D eigenvalue weighted by atomic mass is 19.1. The number of likely N-dealkylation sites (N-methyl/N-ethyl adjacent to an activating group) is 1. The molecule has 16 heavy (non-hydrogen) atoms. The van der Waals surface area contributed by atoms with Crippen molar-refractivity contribution in [1.82, 2.24) is 5.32 Å². The van der Waals surface area contributed by atoms with Crippen LogP contribution in [-0.2, 0) is 15.1 Å². The maximum Gasteiger partial charge on any atom is 0.330 e. The van der Waals surface area contributed by atoms with E-state index in [4.69, 9.17) is 0 Å². The highest BCUT2D eigenvalue weighted by Gasteiger charge is 2.39. The van der Waals surface area contributed by atoms with Crippen molar-refractivity contribution in [1.29, 1.82) is 0 Å². The minimum atomic E-state index is -1.54. The predicted octanol–water partition coefficient (Wildman–Crippen LogP) is 1.57. The molecule has 0 fully saturated rings. The van der Waals surface area contributed by atoms with Gasteiger partial charge in [0, 0.05) is 0 Å². The number of nitrogens with one attached hydrogen (secondary N) is 1. The lowest BCUT2D eigenvalue weighted by Gasteiger charge is -2.27. The van der Waals surface area contributed by atoms with Crippen molar-refractivity contribution in [2.24, 2.45) is 0 Å². The summed E-state index contributed by atoms with van der Waals surface area (Å²) in [7, 11) is 2.60. The largest absolute Gasteiger partial charge is 0.467 e. The number of methoxy groups -OCH3 is 1. The smallest absolute Gasteiger partial charge is 0.330 e. The summed E-state index contributed by atoms with van der Waals surface area (Å²) < 4.78 is 31.6. The van der Waals surface area contributed by atoms with Gasteiger partial charge < -0.3 is 10.1 Å². The van der Waals surface area contributed by atoms with Crippen LogP contribution < -0.4 is 5.32 Å². The Morgan fingerprint density at radius 3 is 2.25 bits per heavy atom. The van der Waals surface area contributed by atoms with Gasteiger partial charge >= 0.3 is 5.97 Å². The molecule has 0 saturated carbocycles. The number of ether oxygens (including phenoxy) is 1. The number of benzene rings is 1. The maximum absolute atomic E-state index is 13.5. The standard InChI is InChI=1S/C11H13F2NO2/c1-11(14-2,10(15)16-3)9-7(12)5-4-6-8(9)13/h4-6,14H,1-3H3.